The molecule has 0 aliphatic rings. The molecule has 1 heterocycles. The molecule has 0 aliphatic carbocycles. The zero-order valence-electron chi connectivity index (χ0n) is 9.64. The summed E-state index contributed by atoms with van der Waals surface area (Å²) >= 11 is 0. The lowest BCUT2D eigenvalue weighted by molar-refractivity contribution is 0.882. The average molecular weight is 212 g/mol. The maximum Gasteiger partial charge on any atom is 0.0531 e. The van der Waals surface area contributed by atoms with Crippen molar-refractivity contribution in [3.05, 3.63) is 59.9 Å². The molecular formula is C14H16N2. The van der Waals surface area contributed by atoms with Gasteiger partial charge in [0.25, 0.3) is 0 Å². The molecule has 1 N–H and O–H groups in total. The van der Waals surface area contributed by atoms with Gasteiger partial charge in [0.2, 0.25) is 0 Å². The molecule has 1 atom stereocenters. The number of nitrogens with one attached hydrogen (secondary N) is 1. The first-order valence-electron chi connectivity index (χ1n) is 5.49. The van der Waals surface area contributed by atoms with Crippen LogP contribution in [0.25, 0.3) is 0 Å². The predicted molar refractivity (Wildman–Crippen MR) is 67.5 cm³/mol. The Bertz CT molecular complexity index is 434. The van der Waals surface area contributed by atoms with Gasteiger partial charge in [0, 0.05) is 18.4 Å². The molecule has 1 aromatic carbocycles. The second kappa shape index (κ2) is 4.79. The molecule has 0 aliphatic heterocycles. The van der Waals surface area contributed by atoms with Gasteiger partial charge in [-0.3, -0.25) is 4.98 Å². The number of hydrogen-bond acceptors (Lipinski definition) is 2. The summed E-state index contributed by atoms with van der Waals surface area (Å²) < 4.78 is 0. The Kier molecular flexibility index (Phi) is 3.20. The van der Waals surface area contributed by atoms with E-state index in [1.165, 1.54) is 11.1 Å². The van der Waals surface area contributed by atoms with Gasteiger partial charge in [0.05, 0.1) is 5.69 Å². The number of benzene rings is 1. The van der Waals surface area contributed by atoms with Gasteiger partial charge in [0.15, 0.2) is 0 Å². The largest absolute Gasteiger partial charge is 0.377 e. The lowest BCUT2D eigenvalue weighted by Crippen LogP contribution is -2.06. The molecule has 0 radical (unpaired) electrons. The second-order valence-corrected chi connectivity index (χ2v) is 4.02. The molecule has 0 fully saturated rings. The summed E-state index contributed by atoms with van der Waals surface area (Å²) in [5, 5.41) is 3.42. The van der Waals surface area contributed by atoms with Crippen LogP contribution in [0, 0.1) is 6.92 Å². The summed E-state index contributed by atoms with van der Waals surface area (Å²) in [6, 6.07) is 12.8. The molecule has 0 bridgehead atoms. The smallest absolute Gasteiger partial charge is 0.0531 e. The molecule has 16 heavy (non-hydrogen) atoms. The second-order valence-electron chi connectivity index (χ2n) is 4.02. The van der Waals surface area contributed by atoms with E-state index < -0.39 is 0 Å². The first kappa shape index (κ1) is 10.7. The summed E-state index contributed by atoms with van der Waals surface area (Å²) in [5.41, 5.74) is 3.63. The fourth-order valence-electron chi connectivity index (χ4n) is 1.64. The van der Waals surface area contributed by atoms with Crippen LogP contribution in [0.2, 0.25) is 0 Å². The van der Waals surface area contributed by atoms with Gasteiger partial charge in [0.1, 0.15) is 0 Å². The van der Waals surface area contributed by atoms with Crippen molar-refractivity contribution in [2.24, 2.45) is 0 Å². The number of nitrogens with zero attached hydrogens (tertiary/aromatic N) is 1. The summed E-state index contributed by atoms with van der Waals surface area (Å²) in [5.74, 6) is 0. The van der Waals surface area contributed by atoms with E-state index in [4.69, 9.17) is 0 Å². The molecule has 82 valence electrons. The van der Waals surface area contributed by atoms with Crippen LogP contribution in [-0.4, -0.2) is 4.98 Å². The lowest BCUT2D eigenvalue weighted by atomic mass is 10.1. The van der Waals surface area contributed by atoms with Crippen molar-refractivity contribution < 1.29 is 0 Å². The Labute approximate surface area is 96.4 Å². The fourth-order valence-corrected chi connectivity index (χ4v) is 1.64. The molecule has 2 rings (SSSR count). The van der Waals surface area contributed by atoms with Gasteiger partial charge < -0.3 is 5.32 Å². The molecule has 0 amide bonds. The van der Waals surface area contributed by atoms with E-state index in [2.05, 4.69) is 48.4 Å². The SMILES string of the molecule is Cc1ccc(C(C)Nc2cccnc2)cc1. The number of pyridine rings is 1. The van der Waals surface area contributed by atoms with Gasteiger partial charge in [-0.15, -0.1) is 0 Å². The van der Waals surface area contributed by atoms with Crippen molar-refractivity contribution in [2.45, 2.75) is 19.9 Å². The van der Waals surface area contributed by atoms with Crippen LogP contribution in [0.3, 0.4) is 0 Å². The van der Waals surface area contributed by atoms with E-state index in [1.807, 2.05) is 18.3 Å². The maximum absolute atomic E-state index is 4.08. The highest BCUT2D eigenvalue weighted by Gasteiger charge is 2.04. The Hall–Kier alpha value is -1.83. The van der Waals surface area contributed by atoms with Crippen LogP contribution in [0.1, 0.15) is 24.1 Å². The third-order valence-corrected chi connectivity index (χ3v) is 2.62. The van der Waals surface area contributed by atoms with Gasteiger partial charge in [-0.05, 0) is 31.5 Å². The zero-order chi connectivity index (χ0) is 11.4. The fraction of sp³-hybridized carbons (Fsp3) is 0.214. The average Bonchev–Trinajstić information content (AvgIpc) is 2.31. The molecule has 0 spiro atoms. The molecule has 2 aromatic rings. The molecule has 1 unspecified atom stereocenters. The number of anilines is 1. The molecule has 0 saturated heterocycles. The minimum Gasteiger partial charge on any atom is -0.377 e. The highest BCUT2D eigenvalue weighted by molar-refractivity contribution is 5.42. The van der Waals surface area contributed by atoms with E-state index in [0.717, 1.165) is 5.69 Å². The van der Waals surface area contributed by atoms with Crippen molar-refractivity contribution in [2.75, 3.05) is 5.32 Å². The van der Waals surface area contributed by atoms with Crippen LogP contribution in [0.5, 0.6) is 0 Å². The highest BCUT2D eigenvalue weighted by atomic mass is 14.9. The third kappa shape index (κ3) is 2.60. The number of rotatable bonds is 3. The summed E-state index contributed by atoms with van der Waals surface area (Å²) in [6.07, 6.45) is 3.62. The first-order chi connectivity index (χ1) is 7.75. The van der Waals surface area contributed by atoms with Crippen molar-refractivity contribution >= 4 is 5.69 Å². The van der Waals surface area contributed by atoms with E-state index in [-0.39, 0.29) is 0 Å². The van der Waals surface area contributed by atoms with Crippen molar-refractivity contribution in [3.63, 3.8) is 0 Å². The normalized spacial score (nSPS) is 12.1. The Morgan fingerprint density at radius 3 is 2.50 bits per heavy atom. The summed E-state index contributed by atoms with van der Waals surface area (Å²) in [7, 11) is 0. The van der Waals surface area contributed by atoms with Crippen molar-refractivity contribution in [1.29, 1.82) is 0 Å². The first-order valence-corrected chi connectivity index (χ1v) is 5.49. The monoisotopic (exact) mass is 212 g/mol. The van der Waals surface area contributed by atoms with Crippen LogP contribution in [0.15, 0.2) is 48.8 Å². The van der Waals surface area contributed by atoms with Crippen molar-refractivity contribution in [3.8, 4) is 0 Å². The predicted octanol–water partition coefficient (Wildman–Crippen LogP) is 3.56. The number of aryl methyl sites for hydroxylation is 1. The zero-order valence-corrected chi connectivity index (χ0v) is 9.64. The van der Waals surface area contributed by atoms with Gasteiger partial charge >= 0.3 is 0 Å². The van der Waals surface area contributed by atoms with E-state index in [1.54, 1.807) is 6.20 Å². The van der Waals surface area contributed by atoms with Gasteiger partial charge in [-0.1, -0.05) is 29.8 Å². The number of hydrogen-bond donors (Lipinski definition) is 1. The molecule has 1 aromatic heterocycles. The minimum atomic E-state index is 0.296. The molecule has 2 nitrogen and oxygen atoms in total. The topological polar surface area (TPSA) is 24.9 Å². The molecule has 0 saturated carbocycles. The maximum atomic E-state index is 4.08. The quantitative estimate of drug-likeness (QED) is 0.841. The summed E-state index contributed by atoms with van der Waals surface area (Å²) in [4.78, 5) is 4.08. The molecular weight excluding hydrogens is 196 g/mol. The standard InChI is InChI=1S/C14H16N2/c1-11-5-7-13(8-6-11)12(2)16-14-4-3-9-15-10-14/h3-10,12,16H,1-2H3. The Balaban J connectivity index is 2.09. The highest BCUT2D eigenvalue weighted by Crippen LogP contribution is 2.18. The lowest BCUT2D eigenvalue weighted by Gasteiger charge is -2.15. The van der Waals surface area contributed by atoms with E-state index >= 15 is 0 Å². The van der Waals surface area contributed by atoms with Crippen LogP contribution in [-0.2, 0) is 0 Å². The number of aromatic nitrogens is 1. The minimum absolute atomic E-state index is 0.296. The molecule has 2 heteroatoms. The Morgan fingerprint density at radius 2 is 1.88 bits per heavy atom. The van der Waals surface area contributed by atoms with E-state index in [0.29, 0.717) is 6.04 Å². The third-order valence-electron chi connectivity index (χ3n) is 2.62. The van der Waals surface area contributed by atoms with Crippen molar-refractivity contribution in [1.82, 2.24) is 4.98 Å². The van der Waals surface area contributed by atoms with Gasteiger partial charge in [-0.25, -0.2) is 0 Å². The Morgan fingerprint density at radius 1 is 1.12 bits per heavy atom. The van der Waals surface area contributed by atoms with Crippen LogP contribution < -0.4 is 5.32 Å². The summed E-state index contributed by atoms with van der Waals surface area (Å²) in [6.45, 7) is 4.25. The van der Waals surface area contributed by atoms with Gasteiger partial charge in [-0.2, -0.15) is 0 Å². The van der Waals surface area contributed by atoms with Crippen LogP contribution in [0.4, 0.5) is 5.69 Å². The van der Waals surface area contributed by atoms with Crippen LogP contribution >= 0.6 is 0 Å². The van der Waals surface area contributed by atoms with E-state index in [9.17, 15) is 0 Å².